The van der Waals surface area contributed by atoms with Crippen molar-refractivity contribution in [1.29, 1.82) is 0 Å². The van der Waals surface area contributed by atoms with Crippen LogP contribution in [0.25, 0.3) is 10.8 Å². The van der Waals surface area contributed by atoms with E-state index in [1.807, 2.05) is 44.2 Å². The van der Waals surface area contributed by atoms with Crippen molar-refractivity contribution >= 4 is 22.4 Å². The van der Waals surface area contributed by atoms with E-state index in [0.717, 1.165) is 5.75 Å². The minimum Gasteiger partial charge on any atom is -0.457 e. The van der Waals surface area contributed by atoms with Gasteiger partial charge in [0.2, 0.25) is 0 Å². The Labute approximate surface area is 180 Å². The summed E-state index contributed by atoms with van der Waals surface area (Å²) in [7, 11) is 0. The lowest BCUT2D eigenvalue weighted by molar-refractivity contribution is 0.102. The third-order valence-corrected chi connectivity index (χ3v) is 4.71. The first-order valence-electron chi connectivity index (χ1n) is 10.2. The van der Waals surface area contributed by atoms with Gasteiger partial charge in [-0.3, -0.25) is 9.59 Å². The van der Waals surface area contributed by atoms with Gasteiger partial charge in [-0.15, -0.1) is 0 Å². The lowest BCUT2D eigenvalue weighted by Gasteiger charge is -2.13. The molecule has 4 rings (SSSR count). The highest BCUT2D eigenvalue weighted by atomic mass is 16.5. The van der Waals surface area contributed by atoms with Gasteiger partial charge in [0.05, 0.1) is 5.39 Å². The normalized spacial score (nSPS) is 10.9. The third kappa shape index (κ3) is 4.64. The standard InChI is InChI=1S/C25H23N3O3/c1-17(2)16-28-25(30)22-11-7-6-10-21(22)23(27-28)24(29)26-18-12-14-20(15-13-18)31-19-8-4-3-5-9-19/h3-15,17H,16H2,1-2H3,(H,26,29). The molecule has 6 heteroatoms. The number of hydrogen-bond donors (Lipinski definition) is 1. The zero-order chi connectivity index (χ0) is 21.8. The molecule has 1 heterocycles. The molecule has 3 aromatic carbocycles. The van der Waals surface area contributed by atoms with Crippen molar-refractivity contribution in [3.63, 3.8) is 0 Å². The fourth-order valence-electron chi connectivity index (χ4n) is 3.29. The molecule has 0 saturated heterocycles. The van der Waals surface area contributed by atoms with Crippen LogP contribution < -0.4 is 15.6 Å². The predicted molar refractivity (Wildman–Crippen MR) is 122 cm³/mol. The summed E-state index contributed by atoms with van der Waals surface area (Å²) in [6.07, 6.45) is 0. The maximum Gasteiger partial charge on any atom is 0.276 e. The Hall–Kier alpha value is -3.93. The number of carbonyl (C=O) groups excluding carboxylic acids is 1. The van der Waals surface area contributed by atoms with Gasteiger partial charge >= 0.3 is 0 Å². The van der Waals surface area contributed by atoms with Crippen LogP contribution in [0.1, 0.15) is 24.3 Å². The minimum absolute atomic E-state index is 0.191. The van der Waals surface area contributed by atoms with E-state index in [4.69, 9.17) is 4.74 Å². The van der Waals surface area contributed by atoms with Gasteiger partial charge in [-0.1, -0.05) is 50.2 Å². The van der Waals surface area contributed by atoms with Crippen LogP contribution in [0.4, 0.5) is 5.69 Å². The summed E-state index contributed by atoms with van der Waals surface area (Å²) < 4.78 is 7.16. The summed E-state index contributed by atoms with van der Waals surface area (Å²) in [5.41, 5.74) is 0.640. The molecular formula is C25H23N3O3. The number of anilines is 1. The summed E-state index contributed by atoms with van der Waals surface area (Å²) in [5.74, 6) is 1.26. The predicted octanol–water partition coefficient (Wildman–Crippen LogP) is 5.10. The number of amides is 1. The second-order valence-electron chi connectivity index (χ2n) is 7.67. The number of aromatic nitrogens is 2. The Morgan fingerprint density at radius 3 is 2.19 bits per heavy atom. The molecule has 0 fully saturated rings. The number of rotatable bonds is 6. The van der Waals surface area contributed by atoms with Gasteiger partial charge in [-0.05, 0) is 48.4 Å². The van der Waals surface area contributed by atoms with Crippen LogP contribution in [0.5, 0.6) is 11.5 Å². The van der Waals surface area contributed by atoms with Gasteiger partial charge < -0.3 is 10.1 Å². The van der Waals surface area contributed by atoms with E-state index >= 15 is 0 Å². The van der Waals surface area contributed by atoms with Crippen LogP contribution in [0, 0.1) is 5.92 Å². The first kappa shape index (κ1) is 20.3. The van der Waals surface area contributed by atoms with Gasteiger partial charge in [0.25, 0.3) is 11.5 Å². The van der Waals surface area contributed by atoms with Crippen LogP contribution in [-0.4, -0.2) is 15.7 Å². The Morgan fingerprint density at radius 1 is 0.903 bits per heavy atom. The lowest BCUT2D eigenvalue weighted by Crippen LogP contribution is -2.29. The largest absolute Gasteiger partial charge is 0.457 e. The highest BCUT2D eigenvalue weighted by Crippen LogP contribution is 2.23. The Bertz CT molecular complexity index is 1260. The zero-order valence-electron chi connectivity index (χ0n) is 17.4. The summed E-state index contributed by atoms with van der Waals surface area (Å²) in [6, 6.07) is 23.6. The van der Waals surface area contributed by atoms with Crippen LogP contribution in [-0.2, 0) is 6.54 Å². The molecule has 31 heavy (non-hydrogen) atoms. The van der Waals surface area contributed by atoms with Crippen molar-refractivity contribution in [3.8, 4) is 11.5 Å². The van der Waals surface area contributed by atoms with Crippen molar-refractivity contribution in [1.82, 2.24) is 9.78 Å². The van der Waals surface area contributed by atoms with Crippen LogP contribution in [0.15, 0.2) is 83.7 Å². The van der Waals surface area contributed by atoms with Crippen molar-refractivity contribution < 1.29 is 9.53 Å². The number of fused-ring (bicyclic) bond motifs is 1. The molecule has 6 nitrogen and oxygen atoms in total. The second kappa shape index (κ2) is 8.83. The first-order valence-corrected chi connectivity index (χ1v) is 10.2. The molecule has 1 aromatic heterocycles. The second-order valence-corrected chi connectivity index (χ2v) is 7.67. The van der Waals surface area contributed by atoms with Crippen molar-refractivity contribution in [2.75, 3.05) is 5.32 Å². The molecule has 0 atom stereocenters. The van der Waals surface area contributed by atoms with E-state index in [2.05, 4.69) is 10.4 Å². The van der Waals surface area contributed by atoms with E-state index in [1.54, 1.807) is 48.5 Å². The van der Waals surface area contributed by atoms with E-state index in [-0.39, 0.29) is 23.1 Å². The quantitative estimate of drug-likeness (QED) is 0.477. The van der Waals surface area contributed by atoms with Gasteiger partial charge in [0.15, 0.2) is 5.69 Å². The fourth-order valence-corrected chi connectivity index (χ4v) is 3.29. The molecule has 0 aliphatic rings. The Balaban J connectivity index is 1.59. The average molecular weight is 413 g/mol. The third-order valence-electron chi connectivity index (χ3n) is 4.71. The maximum absolute atomic E-state index is 13.0. The van der Waals surface area contributed by atoms with E-state index in [0.29, 0.717) is 28.8 Å². The Kier molecular flexibility index (Phi) is 5.80. The van der Waals surface area contributed by atoms with Gasteiger partial charge in [-0.2, -0.15) is 5.10 Å². The lowest BCUT2D eigenvalue weighted by atomic mass is 10.1. The molecule has 0 bridgehead atoms. The van der Waals surface area contributed by atoms with E-state index in [9.17, 15) is 9.59 Å². The molecule has 0 unspecified atom stereocenters. The number of carbonyl (C=O) groups is 1. The number of benzene rings is 3. The van der Waals surface area contributed by atoms with Crippen LogP contribution >= 0.6 is 0 Å². The summed E-state index contributed by atoms with van der Waals surface area (Å²) in [5, 5.41) is 8.26. The monoisotopic (exact) mass is 413 g/mol. The maximum atomic E-state index is 13.0. The number of hydrogen-bond acceptors (Lipinski definition) is 4. The SMILES string of the molecule is CC(C)Cn1nc(C(=O)Nc2ccc(Oc3ccccc3)cc2)c2ccccc2c1=O. The molecule has 0 saturated carbocycles. The summed E-state index contributed by atoms with van der Waals surface area (Å²) in [4.78, 5) is 25.8. The van der Waals surface area contributed by atoms with Crippen molar-refractivity contribution in [2.45, 2.75) is 20.4 Å². The topological polar surface area (TPSA) is 73.2 Å². The molecule has 0 spiro atoms. The molecule has 0 radical (unpaired) electrons. The molecule has 0 aliphatic carbocycles. The van der Waals surface area contributed by atoms with Gasteiger partial charge in [0, 0.05) is 17.6 Å². The van der Waals surface area contributed by atoms with Crippen LogP contribution in [0.3, 0.4) is 0 Å². The van der Waals surface area contributed by atoms with Crippen molar-refractivity contribution in [2.24, 2.45) is 5.92 Å². The number of ether oxygens (including phenoxy) is 1. The minimum atomic E-state index is -0.370. The van der Waals surface area contributed by atoms with E-state index in [1.165, 1.54) is 4.68 Å². The highest BCUT2D eigenvalue weighted by molar-refractivity contribution is 6.11. The molecular weight excluding hydrogens is 390 g/mol. The number of nitrogens with zero attached hydrogens (tertiary/aromatic N) is 2. The van der Waals surface area contributed by atoms with Gasteiger partial charge in [0.1, 0.15) is 11.5 Å². The molecule has 1 N–H and O–H groups in total. The molecule has 4 aromatic rings. The highest BCUT2D eigenvalue weighted by Gasteiger charge is 2.17. The Morgan fingerprint density at radius 2 is 1.52 bits per heavy atom. The zero-order valence-corrected chi connectivity index (χ0v) is 17.4. The smallest absolute Gasteiger partial charge is 0.276 e. The summed E-state index contributed by atoms with van der Waals surface area (Å²) in [6.45, 7) is 4.44. The number of para-hydroxylation sites is 1. The van der Waals surface area contributed by atoms with Crippen molar-refractivity contribution in [3.05, 3.63) is 94.9 Å². The molecule has 1 amide bonds. The summed E-state index contributed by atoms with van der Waals surface area (Å²) >= 11 is 0. The molecule has 156 valence electrons. The van der Waals surface area contributed by atoms with Crippen LogP contribution in [0.2, 0.25) is 0 Å². The molecule has 0 aliphatic heterocycles. The average Bonchev–Trinajstić information content (AvgIpc) is 2.77. The first-order chi connectivity index (χ1) is 15.0. The fraction of sp³-hybridized carbons (Fsp3) is 0.160. The number of nitrogens with one attached hydrogen (secondary N) is 1. The van der Waals surface area contributed by atoms with E-state index < -0.39 is 0 Å². The van der Waals surface area contributed by atoms with Gasteiger partial charge in [-0.25, -0.2) is 4.68 Å².